The SMILES string of the molecule is CN1CCC[C]1c1ccccc1. The normalized spacial score (nSPS) is 20.1. The second-order valence-corrected chi connectivity index (χ2v) is 3.34. The zero-order valence-electron chi connectivity index (χ0n) is 7.46. The van der Waals surface area contributed by atoms with E-state index in [1.807, 2.05) is 0 Å². The van der Waals surface area contributed by atoms with E-state index in [2.05, 4.69) is 42.3 Å². The molecule has 63 valence electrons. The van der Waals surface area contributed by atoms with Crippen LogP contribution >= 0.6 is 0 Å². The van der Waals surface area contributed by atoms with Crippen molar-refractivity contribution in [2.75, 3.05) is 13.6 Å². The summed E-state index contributed by atoms with van der Waals surface area (Å²) in [5.74, 6) is 0. The van der Waals surface area contributed by atoms with E-state index in [0.29, 0.717) is 0 Å². The van der Waals surface area contributed by atoms with Gasteiger partial charge in [-0.3, -0.25) is 4.90 Å². The van der Waals surface area contributed by atoms with Gasteiger partial charge in [0.25, 0.3) is 0 Å². The van der Waals surface area contributed by atoms with Gasteiger partial charge in [0.15, 0.2) is 0 Å². The molecule has 1 aromatic rings. The third kappa shape index (κ3) is 1.37. The minimum atomic E-state index is 1.21. The first-order valence-corrected chi connectivity index (χ1v) is 4.50. The Kier molecular flexibility index (Phi) is 2.13. The molecule has 0 saturated carbocycles. The molecule has 1 fully saturated rings. The van der Waals surface area contributed by atoms with Crippen LogP contribution in [0.1, 0.15) is 18.4 Å². The smallest absolute Gasteiger partial charge is 0.0686 e. The second-order valence-electron chi connectivity index (χ2n) is 3.34. The Morgan fingerprint density at radius 1 is 1.17 bits per heavy atom. The summed E-state index contributed by atoms with van der Waals surface area (Å²) in [6.07, 6.45) is 2.54. The summed E-state index contributed by atoms with van der Waals surface area (Å²) < 4.78 is 0. The fourth-order valence-electron chi connectivity index (χ4n) is 1.80. The van der Waals surface area contributed by atoms with Crippen molar-refractivity contribution in [1.29, 1.82) is 0 Å². The van der Waals surface area contributed by atoms with Crippen LogP contribution in [-0.2, 0) is 0 Å². The Balaban J connectivity index is 2.19. The van der Waals surface area contributed by atoms with Crippen LogP contribution in [0.15, 0.2) is 30.3 Å². The van der Waals surface area contributed by atoms with Crippen LogP contribution in [0.5, 0.6) is 0 Å². The van der Waals surface area contributed by atoms with Crippen molar-refractivity contribution in [3.63, 3.8) is 0 Å². The molecule has 1 heteroatoms. The Labute approximate surface area is 74.0 Å². The third-order valence-corrected chi connectivity index (χ3v) is 2.47. The Hall–Kier alpha value is -0.820. The van der Waals surface area contributed by atoms with Gasteiger partial charge in [0, 0.05) is 0 Å². The van der Waals surface area contributed by atoms with Crippen LogP contribution in [0.25, 0.3) is 0 Å². The van der Waals surface area contributed by atoms with E-state index in [4.69, 9.17) is 0 Å². The van der Waals surface area contributed by atoms with E-state index in [9.17, 15) is 0 Å². The monoisotopic (exact) mass is 160 g/mol. The van der Waals surface area contributed by atoms with Crippen LogP contribution in [0.4, 0.5) is 0 Å². The van der Waals surface area contributed by atoms with Crippen molar-refractivity contribution >= 4 is 0 Å². The Morgan fingerprint density at radius 2 is 1.92 bits per heavy atom. The minimum absolute atomic E-state index is 1.21. The minimum Gasteiger partial charge on any atom is -0.295 e. The van der Waals surface area contributed by atoms with Crippen molar-refractivity contribution in [3.8, 4) is 0 Å². The maximum atomic E-state index is 2.36. The summed E-state index contributed by atoms with van der Waals surface area (Å²) in [6.45, 7) is 1.21. The molecule has 0 bridgehead atoms. The van der Waals surface area contributed by atoms with Gasteiger partial charge in [0.1, 0.15) is 0 Å². The van der Waals surface area contributed by atoms with Crippen LogP contribution in [0.2, 0.25) is 0 Å². The second kappa shape index (κ2) is 3.28. The van der Waals surface area contributed by atoms with E-state index in [1.54, 1.807) is 0 Å². The predicted octanol–water partition coefficient (Wildman–Crippen LogP) is 2.29. The topological polar surface area (TPSA) is 3.24 Å². The van der Waals surface area contributed by atoms with Crippen molar-refractivity contribution < 1.29 is 0 Å². The molecule has 0 atom stereocenters. The van der Waals surface area contributed by atoms with Gasteiger partial charge in [0.2, 0.25) is 0 Å². The average Bonchev–Trinajstić information content (AvgIpc) is 2.53. The molecule has 1 aliphatic rings. The zero-order valence-corrected chi connectivity index (χ0v) is 7.46. The van der Waals surface area contributed by atoms with Gasteiger partial charge in [-0.2, -0.15) is 0 Å². The van der Waals surface area contributed by atoms with Crippen LogP contribution in [-0.4, -0.2) is 18.5 Å². The number of hydrogen-bond acceptors (Lipinski definition) is 1. The highest BCUT2D eigenvalue weighted by molar-refractivity contribution is 5.30. The lowest BCUT2D eigenvalue weighted by molar-refractivity contribution is 0.432. The molecule has 1 heterocycles. The maximum Gasteiger partial charge on any atom is 0.0686 e. The van der Waals surface area contributed by atoms with Gasteiger partial charge in [0.05, 0.1) is 6.04 Å². The lowest BCUT2D eigenvalue weighted by Crippen LogP contribution is -2.17. The molecule has 0 spiro atoms. The molecular formula is C11H14N. The molecule has 0 aliphatic carbocycles. The molecule has 0 aromatic heterocycles. The van der Waals surface area contributed by atoms with Crippen LogP contribution in [0.3, 0.4) is 0 Å². The summed E-state index contributed by atoms with van der Waals surface area (Å²) in [6, 6.07) is 12.2. The molecule has 0 N–H and O–H groups in total. The summed E-state index contributed by atoms with van der Waals surface area (Å²) in [5, 5.41) is 0. The standard InChI is InChI=1S/C11H14N/c1-12-9-5-8-11(12)10-6-3-2-4-7-10/h2-4,6-7H,5,8-9H2,1H3. The first-order valence-electron chi connectivity index (χ1n) is 4.50. The van der Waals surface area contributed by atoms with Crippen molar-refractivity contribution in [2.24, 2.45) is 0 Å². The number of benzene rings is 1. The molecule has 0 unspecified atom stereocenters. The number of likely N-dealkylation sites (tertiary alicyclic amines) is 1. The van der Waals surface area contributed by atoms with Crippen LogP contribution < -0.4 is 0 Å². The van der Waals surface area contributed by atoms with Crippen LogP contribution in [0, 0.1) is 6.04 Å². The van der Waals surface area contributed by atoms with Gasteiger partial charge in [-0.15, -0.1) is 0 Å². The summed E-state index contributed by atoms with van der Waals surface area (Å²) in [4.78, 5) is 2.36. The molecule has 1 saturated heterocycles. The highest BCUT2D eigenvalue weighted by Gasteiger charge is 2.22. The maximum absolute atomic E-state index is 2.36. The highest BCUT2D eigenvalue weighted by atomic mass is 15.1. The fraction of sp³-hybridized carbons (Fsp3) is 0.364. The number of nitrogens with zero attached hydrogens (tertiary/aromatic N) is 1. The third-order valence-electron chi connectivity index (χ3n) is 2.47. The van der Waals surface area contributed by atoms with Crippen molar-refractivity contribution in [2.45, 2.75) is 12.8 Å². The molecule has 1 radical (unpaired) electrons. The summed E-state index contributed by atoms with van der Waals surface area (Å²) in [5.41, 5.74) is 1.39. The van der Waals surface area contributed by atoms with Gasteiger partial charge in [-0.05, 0) is 32.0 Å². The Bertz CT molecular complexity index is 242. The Morgan fingerprint density at radius 3 is 2.50 bits per heavy atom. The molecule has 2 rings (SSSR count). The van der Waals surface area contributed by atoms with Gasteiger partial charge >= 0.3 is 0 Å². The van der Waals surface area contributed by atoms with E-state index >= 15 is 0 Å². The van der Waals surface area contributed by atoms with Gasteiger partial charge < -0.3 is 0 Å². The van der Waals surface area contributed by atoms with E-state index in [1.165, 1.54) is 31.0 Å². The highest BCUT2D eigenvalue weighted by Crippen LogP contribution is 2.28. The van der Waals surface area contributed by atoms with E-state index in [0.717, 1.165) is 0 Å². The summed E-state index contributed by atoms with van der Waals surface area (Å²) >= 11 is 0. The van der Waals surface area contributed by atoms with E-state index < -0.39 is 0 Å². The molecule has 1 aromatic carbocycles. The number of rotatable bonds is 1. The van der Waals surface area contributed by atoms with Gasteiger partial charge in [-0.25, -0.2) is 0 Å². The van der Waals surface area contributed by atoms with Gasteiger partial charge in [-0.1, -0.05) is 30.3 Å². The van der Waals surface area contributed by atoms with Crippen molar-refractivity contribution in [3.05, 3.63) is 41.9 Å². The first kappa shape index (κ1) is 7.81. The fourth-order valence-corrected chi connectivity index (χ4v) is 1.80. The molecule has 12 heavy (non-hydrogen) atoms. The largest absolute Gasteiger partial charge is 0.295 e. The quantitative estimate of drug-likeness (QED) is 0.609. The molecule has 1 nitrogen and oxygen atoms in total. The molecule has 0 amide bonds. The first-order chi connectivity index (χ1) is 5.88. The lowest BCUT2D eigenvalue weighted by Gasteiger charge is -2.18. The van der Waals surface area contributed by atoms with E-state index in [-0.39, 0.29) is 0 Å². The zero-order chi connectivity index (χ0) is 8.39. The predicted molar refractivity (Wildman–Crippen MR) is 50.7 cm³/mol. The molecular weight excluding hydrogens is 146 g/mol. The van der Waals surface area contributed by atoms with Crippen molar-refractivity contribution in [1.82, 2.24) is 4.90 Å². The molecule has 1 aliphatic heterocycles. The lowest BCUT2D eigenvalue weighted by atomic mass is 10.1. The average molecular weight is 160 g/mol. The summed E-state index contributed by atoms with van der Waals surface area (Å²) in [7, 11) is 2.18. The number of hydrogen-bond donors (Lipinski definition) is 0.